The van der Waals surface area contributed by atoms with Gasteiger partial charge in [0.1, 0.15) is 5.60 Å². The molecular weight excluding hydrogens is 486 g/mol. The van der Waals surface area contributed by atoms with Crippen molar-refractivity contribution in [3.8, 4) is 0 Å². The van der Waals surface area contributed by atoms with E-state index in [4.69, 9.17) is 4.74 Å². The molecule has 0 aromatic heterocycles. The van der Waals surface area contributed by atoms with Gasteiger partial charge in [-0.15, -0.1) is 6.58 Å². The van der Waals surface area contributed by atoms with Crippen LogP contribution in [0.25, 0.3) is 0 Å². The first-order valence-corrected chi connectivity index (χ1v) is 14.8. The third kappa shape index (κ3) is 8.17. The lowest BCUT2D eigenvalue weighted by molar-refractivity contribution is -0.160. The summed E-state index contributed by atoms with van der Waals surface area (Å²) in [5.41, 5.74) is 5.19. The number of hydrogen-bond donors (Lipinski definition) is 1. The van der Waals surface area contributed by atoms with Crippen LogP contribution in [0.3, 0.4) is 0 Å². The molecule has 212 valence electrons. The van der Waals surface area contributed by atoms with Gasteiger partial charge in [0.15, 0.2) is 0 Å². The van der Waals surface area contributed by atoms with E-state index < -0.39 is 11.7 Å². The highest BCUT2D eigenvalue weighted by atomic mass is 16.6. The zero-order valence-electron chi connectivity index (χ0n) is 24.4. The van der Waals surface area contributed by atoms with Crippen LogP contribution in [-0.4, -0.2) is 46.7 Å². The fourth-order valence-corrected chi connectivity index (χ4v) is 6.47. The van der Waals surface area contributed by atoms with Crippen LogP contribution < -0.4 is 0 Å². The summed E-state index contributed by atoms with van der Waals surface area (Å²) in [6, 6.07) is 0. The Hall–Kier alpha value is -2.66. The average Bonchev–Trinajstić information content (AvgIpc) is 3.41. The minimum absolute atomic E-state index is 0.0201. The van der Waals surface area contributed by atoms with Crippen molar-refractivity contribution in [2.24, 2.45) is 17.8 Å². The summed E-state index contributed by atoms with van der Waals surface area (Å²) in [5.74, 6) is 0.276. The summed E-state index contributed by atoms with van der Waals surface area (Å²) in [6.45, 7) is 13.5. The average molecular weight is 534 g/mol. The van der Waals surface area contributed by atoms with Crippen LogP contribution in [-0.2, 0) is 14.3 Å². The van der Waals surface area contributed by atoms with Crippen LogP contribution in [0.5, 0.6) is 0 Å². The van der Waals surface area contributed by atoms with E-state index in [0.717, 1.165) is 67.5 Å². The Kier molecular flexibility index (Phi) is 9.53. The van der Waals surface area contributed by atoms with Gasteiger partial charge in [0.2, 0.25) is 5.91 Å². The molecule has 0 bridgehead atoms. The summed E-state index contributed by atoms with van der Waals surface area (Å²) >= 11 is 0. The molecule has 1 saturated carbocycles. The Labute approximate surface area is 235 Å². The van der Waals surface area contributed by atoms with Crippen molar-refractivity contribution in [2.45, 2.75) is 97.2 Å². The molecule has 5 heteroatoms. The number of aliphatic hydroxyl groups excluding tert-OH is 1. The number of allylic oxidation sites excluding steroid dienone is 9. The maximum Gasteiger partial charge on any atom is 0.310 e. The van der Waals surface area contributed by atoms with Crippen molar-refractivity contribution in [1.29, 1.82) is 0 Å². The van der Waals surface area contributed by atoms with E-state index in [1.165, 1.54) is 5.57 Å². The molecule has 4 unspecified atom stereocenters. The first-order chi connectivity index (χ1) is 18.5. The maximum atomic E-state index is 13.2. The van der Waals surface area contributed by atoms with Crippen molar-refractivity contribution in [2.75, 3.05) is 13.1 Å². The second kappa shape index (κ2) is 12.7. The van der Waals surface area contributed by atoms with E-state index in [1.54, 1.807) is 0 Å². The van der Waals surface area contributed by atoms with E-state index in [-0.39, 0.29) is 17.8 Å². The Balaban J connectivity index is 1.53. The topological polar surface area (TPSA) is 66.8 Å². The van der Waals surface area contributed by atoms with Crippen molar-refractivity contribution < 1.29 is 19.4 Å². The van der Waals surface area contributed by atoms with Gasteiger partial charge < -0.3 is 14.7 Å². The fourth-order valence-electron chi connectivity index (χ4n) is 6.47. The van der Waals surface area contributed by atoms with Crippen molar-refractivity contribution in [3.05, 3.63) is 70.9 Å². The molecule has 0 aromatic carbocycles. The molecule has 1 amide bonds. The molecule has 1 N–H and O–H groups in total. The number of esters is 1. The number of ether oxygens (including phenoxy) is 1. The quantitative estimate of drug-likeness (QED) is 0.313. The fraction of sp³-hybridized carbons (Fsp3) is 0.588. The molecule has 4 rings (SSSR count). The molecule has 1 aliphatic heterocycles. The molecule has 4 aliphatic rings. The van der Waals surface area contributed by atoms with Gasteiger partial charge in [-0.05, 0) is 108 Å². The van der Waals surface area contributed by atoms with Crippen LogP contribution in [0.15, 0.2) is 70.9 Å². The van der Waals surface area contributed by atoms with Crippen LogP contribution in [0.4, 0.5) is 0 Å². The normalized spacial score (nSPS) is 31.3. The molecule has 5 nitrogen and oxygen atoms in total. The summed E-state index contributed by atoms with van der Waals surface area (Å²) in [4.78, 5) is 28.1. The number of nitrogens with zero attached hydrogens (tertiary/aromatic N) is 1. The standard InChI is InChI=1S/C34H47NO4/c1-6-23-12-25(19-29(17-23)32(37)35-10-8-9-11-35)14-27-16-28(22-31(36)21-27)15-26-13-24(7-2)18-30(20-26)33(38)39-34(3,4)5/h6-7,13-16,23,29-31,36H,1,8-12,17-22H2,2-5H3/b24-7-,25-14-,28-15-. The maximum absolute atomic E-state index is 13.2. The highest BCUT2D eigenvalue weighted by Crippen LogP contribution is 2.38. The van der Waals surface area contributed by atoms with E-state index in [2.05, 4.69) is 37.0 Å². The molecule has 4 atom stereocenters. The smallest absolute Gasteiger partial charge is 0.310 e. The minimum atomic E-state index is -0.507. The van der Waals surface area contributed by atoms with Crippen LogP contribution in [0.2, 0.25) is 0 Å². The Morgan fingerprint density at radius 3 is 2.31 bits per heavy atom. The zero-order valence-corrected chi connectivity index (χ0v) is 24.4. The summed E-state index contributed by atoms with van der Waals surface area (Å²) in [7, 11) is 0. The highest BCUT2D eigenvalue weighted by molar-refractivity contribution is 5.79. The lowest BCUT2D eigenvalue weighted by Crippen LogP contribution is -2.36. The molecule has 39 heavy (non-hydrogen) atoms. The van der Waals surface area contributed by atoms with Gasteiger partial charge in [0.05, 0.1) is 12.0 Å². The van der Waals surface area contributed by atoms with Crippen LogP contribution in [0.1, 0.15) is 85.5 Å². The third-order valence-electron chi connectivity index (χ3n) is 8.24. The van der Waals surface area contributed by atoms with E-state index >= 15 is 0 Å². The molecule has 1 saturated heterocycles. The third-order valence-corrected chi connectivity index (χ3v) is 8.24. The highest BCUT2D eigenvalue weighted by Gasteiger charge is 2.33. The SMILES string of the molecule is C=CC1C/C(=C/C2=CC(=C/C3=CC(=C/C)/CC(C(=O)OC(C)(C)C)C3)/CC(O)C2)CC(C(=O)N2CCCC2)C1. The minimum Gasteiger partial charge on any atom is -0.460 e. The predicted octanol–water partition coefficient (Wildman–Crippen LogP) is 6.77. The number of likely N-dealkylation sites (tertiary alicyclic amines) is 1. The lowest BCUT2D eigenvalue weighted by atomic mass is 9.76. The number of carbonyl (C=O) groups is 2. The van der Waals surface area contributed by atoms with Gasteiger partial charge in [-0.2, -0.15) is 0 Å². The first kappa shape index (κ1) is 29.3. The summed E-state index contributed by atoms with van der Waals surface area (Å²) < 4.78 is 5.70. The van der Waals surface area contributed by atoms with Crippen molar-refractivity contribution >= 4 is 11.9 Å². The number of aliphatic hydroxyl groups is 1. The molecule has 1 heterocycles. The van der Waals surface area contributed by atoms with Crippen molar-refractivity contribution in [3.63, 3.8) is 0 Å². The largest absolute Gasteiger partial charge is 0.460 e. The van der Waals surface area contributed by atoms with Gasteiger partial charge in [0, 0.05) is 19.0 Å². The number of rotatable bonds is 5. The molecule has 2 fully saturated rings. The Morgan fingerprint density at radius 2 is 1.64 bits per heavy atom. The van der Waals surface area contributed by atoms with Crippen LogP contribution >= 0.6 is 0 Å². The summed E-state index contributed by atoms with van der Waals surface area (Å²) in [6.07, 6.45) is 19.7. The van der Waals surface area contributed by atoms with Gasteiger partial charge in [0.25, 0.3) is 0 Å². The lowest BCUT2D eigenvalue weighted by Gasteiger charge is -2.32. The second-order valence-corrected chi connectivity index (χ2v) is 12.9. The zero-order chi connectivity index (χ0) is 28.2. The van der Waals surface area contributed by atoms with Gasteiger partial charge >= 0.3 is 5.97 Å². The Morgan fingerprint density at radius 1 is 0.949 bits per heavy atom. The number of carbonyl (C=O) groups excluding carboxylic acids is 2. The molecule has 0 radical (unpaired) electrons. The second-order valence-electron chi connectivity index (χ2n) is 12.9. The predicted molar refractivity (Wildman–Crippen MR) is 157 cm³/mol. The van der Waals surface area contributed by atoms with Gasteiger partial charge in [-0.1, -0.05) is 47.6 Å². The van der Waals surface area contributed by atoms with Gasteiger partial charge in [-0.3, -0.25) is 9.59 Å². The van der Waals surface area contributed by atoms with Crippen LogP contribution in [0, 0.1) is 17.8 Å². The van der Waals surface area contributed by atoms with E-state index in [9.17, 15) is 14.7 Å². The molecule has 0 aromatic rings. The first-order valence-electron chi connectivity index (χ1n) is 14.8. The molecular formula is C34H47NO4. The molecule has 3 aliphatic carbocycles. The number of hydrogen-bond acceptors (Lipinski definition) is 4. The van der Waals surface area contributed by atoms with E-state index in [1.807, 2.05) is 38.7 Å². The Bertz CT molecular complexity index is 1110. The summed E-state index contributed by atoms with van der Waals surface area (Å²) in [5, 5.41) is 10.8. The number of amides is 1. The van der Waals surface area contributed by atoms with E-state index in [0.29, 0.717) is 37.5 Å². The van der Waals surface area contributed by atoms with Gasteiger partial charge in [-0.25, -0.2) is 0 Å². The molecule has 0 spiro atoms. The van der Waals surface area contributed by atoms with Crippen molar-refractivity contribution in [1.82, 2.24) is 4.90 Å². The monoisotopic (exact) mass is 533 g/mol.